The van der Waals surface area contributed by atoms with Crippen LogP contribution in [0, 0.1) is 23.7 Å². The van der Waals surface area contributed by atoms with Gasteiger partial charge in [0, 0.05) is 17.9 Å². The van der Waals surface area contributed by atoms with E-state index in [2.05, 4.69) is 12.4 Å². The van der Waals surface area contributed by atoms with Gasteiger partial charge in [-0.1, -0.05) is 20.8 Å². The summed E-state index contributed by atoms with van der Waals surface area (Å²) < 4.78 is 33.0. The summed E-state index contributed by atoms with van der Waals surface area (Å²) in [5, 5.41) is 22.9. The zero-order valence-electron chi connectivity index (χ0n) is 25.5. The van der Waals surface area contributed by atoms with Gasteiger partial charge in [0.1, 0.15) is 17.8 Å². The van der Waals surface area contributed by atoms with Crippen LogP contribution in [0.2, 0.25) is 0 Å². The van der Waals surface area contributed by atoms with E-state index in [1.54, 1.807) is 6.92 Å². The lowest BCUT2D eigenvalue weighted by Crippen LogP contribution is -2.59. The van der Waals surface area contributed by atoms with Gasteiger partial charge in [-0.2, -0.15) is 5.48 Å². The predicted molar refractivity (Wildman–Crippen MR) is 144 cm³/mol. The largest absolute Gasteiger partial charge is 0.459 e. The molecule has 3 bridgehead atoms. The topological polar surface area (TPSA) is 128 Å². The highest BCUT2D eigenvalue weighted by Crippen LogP contribution is 2.60. The minimum absolute atomic E-state index is 0.0669. The summed E-state index contributed by atoms with van der Waals surface area (Å²) in [5.74, 6) is -3.14. The van der Waals surface area contributed by atoms with Crippen LogP contribution in [0.4, 0.5) is 0 Å². The SMILES string of the molecule is CC[C@H]1OC(=O)[C@H](C)[C@@H](O)[C@H](C)[C@@H](OC2O[C@H](C)C[C@H](N(C)C)[C@H]2O)[C@@]2(C)C[C@@H](C)C3(OC1(C)C1NOCC13)O2. The van der Waals surface area contributed by atoms with Crippen LogP contribution >= 0.6 is 0 Å². The number of nitrogens with one attached hydrogen (secondary N) is 1. The van der Waals surface area contributed by atoms with Crippen LogP contribution in [-0.4, -0.2) is 108 Å². The number of carbonyl (C=O) groups excluding carboxylic acids is 1. The quantitative estimate of drug-likeness (QED) is 0.426. The van der Waals surface area contributed by atoms with Crippen molar-refractivity contribution in [2.75, 3.05) is 20.7 Å². The molecule has 0 amide bonds. The maximum atomic E-state index is 13.5. The fourth-order valence-corrected chi connectivity index (χ4v) is 8.26. The Morgan fingerprint density at radius 2 is 1.80 bits per heavy atom. The second-order valence-electron chi connectivity index (χ2n) is 13.6. The highest BCUT2D eigenvalue weighted by atomic mass is 16.8. The first kappa shape index (κ1) is 30.6. The van der Waals surface area contributed by atoms with E-state index in [0.717, 1.165) is 0 Å². The molecule has 5 fully saturated rings. The van der Waals surface area contributed by atoms with Gasteiger partial charge in [-0.05, 0) is 61.1 Å². The van der Waals surface area contributed by atoms with Gasteiger partial charge in [-0.15, -0.1) is 0 Å². The second kappa shape index (κ2) is 10.7. The van der Waals surface area contributed by atoms with Crippen molar-refractivity contribution in [3.05, 3.63) is 0 Å². The number of hydrogen-bond acceptors (Lipinski definition) is 11. The number of rotatable bonds is 4. The maximum absolute atomic E-state index is 13.5. The molecule has 0 saturated carbocycles. The number of ether oxygens (including phenoxy) is 5. The first-order valence-electron chi connectivity index (χ1n) is 15.0. The molecule has 40 heavy (non-hydrogen) atoms. The first-order valence-corrected chi connectivity index (χ1v) is 15.0. The summed E-state index contributed by atoms with van der Waals surface area (Å²) in [6.07, 6.45) is -2.63. The molecule has 5 saturated heterocycles. The number of cyclic esters (lactones) is 1. The monoisotopic (exact) mass is 570 g/mol. The van der Waals surface area contributed by atoms with E-state index in [4.69, 9.17) is 28.5 Å². The molecule has 1 spiro atoms. The Kier molecular flexibility index (Phi) is 8.16. The van der Waals surface area contributed by atoms with Gasteiger partial charge in [0.2, 0.25) is 0 Å². The van der Waals surface area contributed by atoms with E-state index in [9.17, 15) is 15.0 Å². The average molecular weight is 571 g/mol. The molecule has 15 atom stereocenters. The third-order valence-corrected chi connectivity index (χ3v) is 10.5. The molecule has 0 aliphatic carbocycles. The number of carbonyl (C=O) groups is 1. The number of likely N-dealkylation sites (N-methyl/N-ethyl adjacent to an activating group) is 1. The lowest BCUT2D eigenvalue weighted by molar-refractivity contribution is -0.340. The number of hydrogen-bond donors (Lipinski definition) is 3. The smallest absolute Gasteiger partial charge is 0.311 e. The molecule has 11 nitrogen and oxygen atoms in total. The zero-order valence-corrected chi connectivity index (χ0v) is 25.5. The number of hydroxylamine groups is 1. The van der Waals surface area contributed by atoms with E-state index in [0.29, 0.717) is 25.9 Å². The van der Waals surface area contributed by atoms with E-state index < -0.39 is 65.5 Å². The zero-order chi connectivity index (χ0) is 29.4. The highest BCUT2D eigenvalue weighted by Gasteiger charge is 2.73. The number of aliphatic hydroxyl groups is 2. The van der Waals surface area contributed by atoms with E-state index in [-0.39, 0.29) is 30.0 Å². The van der Waals surface area contributed by atoms with Crippen molar-refractivity contribution in [2.45, 2.75) is 134 Å². The normalized spacial score (nSPS) is 55.0. The minimum atomic E-state index is -1.09. The van der Waals surface area contributed by atoms with Gasteiger partial charge >= 0.3 is 5.97 Å². The van der Waals surface area contributed by atoms with E-state index >= 15 is 0 Å². The molecular formula is C29H50N2O9. The molecule has 5 aliphatic heterocycles. The van der Waals surface area contributed by atoms with Crippen molar-refractivity contribution in [3.8, 4) is 0 Å². The molecule has 0 radical (unpaired) electrons. The Hall–Kier alpha value is -0.890. The Bertz CT molecular complexity index is 954. The van der Waals surface area contributed by atoms with Gasteiger partial charge in [0.25, 0.3) is 0 Å². The minimum Gasteiger partial charge on any atom is -0.459 e. The van der Waals surface area contributed by atoms with Crippen molar-refractivity contribution in [3.63, 3.8) is 0 Å². The summed E-state index contributed by atoms with van der Waals surface area (Å²) in [4.78, 5) is 21.2. The van der Waals surface area contributed by atoms with Crippen LogP contribution in [0.1, 0.15) is 67.7 Å². The van der Waals surface area contributed by atoms with Crippen molar-refractivity contribution >= 4 is 5.97 Å². The van der Waals surface area contributed by atoms with Crippen LogP contribution < -0.4 is 5.48 Å². The van der Waals surface area contributed by atoms with Crippen LogP contribution in [0.5, 0.6) is 0 Å². The van der Waals surface area contributed by atoms with Gasteiger partial charge in [-0.3, -0.25) is 4.79 Å². The summed E-state index contributed by atoms with van der Waals surface area (Å²) >= 11 is 0. The Labute approximate surface area is 238 Å². The Morgan fingerprint density at radius 3 is 2.45 bits per heavy atom. The second-order valence-corrected chi connectivity index (χ2v) is 13.6. The summed E-state index contributed by atoms with van der Waals surface area (Å²) in [6, 6.07) is -0.429. The Balaban J connectivity index is 1.57. The molecule has 5 rings (SSSR count). The third kappa shape index (κ3) is 4.64. The molecule has 3 N–H and O–H groups in total. The standard InChI is InChI=1S/C29H50N2O9/c1-10-20-28(7)23-18(13-35-30-23)29(40-28)14(2)12-27(6,39-29)24(16(4)21(32)17(5)25(34)37-20)38-26-22(33)19(31(8)9)11-15(3)36-26/h14-24,26,30,32-33H,10-13H2,1-9H3/t14-,15-,16+,17-,18?,19+,20-,21+,22-,23?,24-,26?,27-,28?,29?/m1/s1. The van der Waals surface area contributed by atoms with Crippen molar-refractivity contribution in [1.82, 2.24) is 10.4 Å². The third-order valence-electron chi connectivity index (χ3n) is 10.5. The number of nitrogens with zero attached hydrogens (tertiary/aromatic N) is 1. The van der Waals surface area contributed by atoms with Crippen molar-refractivity contribution < 1.29 is 43.5 Å². The van der Waals surface area contributed by atoms with Crippen molar-refractivity contribution in [2.24, 2.45) is 23.7 Å². The van der Waals surface area contributed by atoms with Gasteiger partial charge in [0.05, 0.1) is 48.4 Å². The number of esters is 1. The Morgan fingerprint density at radius 1 is 1.10 bits per heavy atom. The van der Waals surface area contributed by atoms with Gasteiger partial charge in [-0.25, -0.2) is 0 Å². The average Bonchev–Trinajstić information content (AvgIpc) is 3.55. The van der Waals surface area contributed by atoms with Crippen LogP contribution in [0.15, 0.2) is 0 Å². The fraction of sp³-hybridized carbons (Fsp3) is 0.966. The van der Waals surface area contributed by atoms with E-state index in [1.165, 1.54) is 0 Å². The summed E-state index contributed by atoms with van der Waals surface area (Å²) in [6.45, 7) is 13.9. The van der Waals surface area contributed by atoms with Crippen LogP contribution in [0.3, 0.4) is 0 Å². The molecule has 5 aliphatic rings. The molecule has 5 heterocycles. The van der Waals surface area contributed by atoms with Crippen molar-refractivity contribution in [1.29, 1.82) is 0 Å². The highest BCUT2D eigenvalue weighted by molar-refractivity contribution is 5.73. The lowest BCUT2D eigenvalue weighted by atomic mass is 9.77. The first-order chi connectivity index (χ1) is 18.7. The summed E-state index contributed by atoms with van der Waals surface area (Å²) in [5.41, 5.74) is 1.29. The molecule has 0 aromatic heterocycles. The van der Waals surface area contributed by atoms with Gasteiger partial charge < -0.3 is 43.6 Å². The molecule has 0 aromatic rings. The molecule has 0 aromatic carbocycles. The van der Waals surface area contributed by atoms with Crippen LogP contribution in [0.25, 0.3) is 0 Å². The van der Waals surface area contributed by atoms with Gasteiger partial charge in [0.15, 0.2) is 12.1 Å². The van der Waals surface area contributed by atoms with E-state index in [1.807, 2.05) is 53.6 Å². The fourth-order valence-electron chi connectivity index (χ4n) is 8.26. The molecular weight excluding hydrogens is 520 g/mol. The van der Waals surface area contributed by atoms with Crippen LogP contribution in [-0.2, 0) is 33.3 Å². The number of fused-ring (bicyclic) bond motifs is 4. The molecule has 230 valence electrons. The predicted octanol–water partition coefficient (Wildman–Crippen LogP) is 1.59. The molecule has 5 unspecified atom stereocenters. The maximum Gasteiger partial charge on any atom is 0.311 e. The summed E-state index contributed by atoms with van der Waals surface area (Å²) in [7, 11) is 3.86. The molecule has 11 heteroatoms. The number of aliphatic hydroxyl groups excluding tert-OH is 2. The lowest BCUT2D eigenvalue weighted by Gasteiger charge is -2.47.